The van der Waals surface area contributed by atoms with Crippen molar-refractivity contribution in [2.75, 3.05) is 17.7 Å². The monoisotopic (exact) mass is 455 g/mol. The summed E-state index contributed by atoms with van der Waals surface area (Å²) < 4.78 is 18.8. The predicted octanol–water partition coefficient (Wildman–Crippen LogP) is 6.69. The summed E-state index contributed by atoms with van der Waals surface area (Å²) in [5.41, 5.74) is 1.43. The van der Waals surface area contributed by atoms with Crippen LogP contribution in [-0.2, 0) is 0 Å². The van der Waals surface area contributed by atoms with Gasteiger partial charge in [0.05, 0.1) is 23.4 Å². The number of halogens is 3. The maximum absolute atomic E-state index is 13.4. The lowest BCUT2D eigenvalue weighted by atomic mass is 10.1. The van der Waals surface area contributed by atoms with Crippen molar-refractivity contribution in [1.82, 2.24) is 4.98 Å². The number of ether oxygens (including phenoxy) is 1. The van der Waals surface area contributed by atoms with Crippen molar-refractivity contribution in [2.45, 2.75) is 0 Å². The molecule has 1 heterocycles. The van der Waals surface area contributed by atoms with E-state index in [9.17, 15) is 9.18 Å². The zero-order valence-corrected chi connectivity index (χ0v) is 17.8. The highest BCUT2D eigenvalue weighted by Crippen LogP contribution is 2.33. The molecule has 2 N–H and O–H groups in total. The Hall–Kier alpha value is -3.35. The Morgan fingerprint density at radius 1 is 1.03 bits per heavy atom. The number of carbonyl (C=O) groups excluding carboxylic acids is 1. The smallest absolute Gasteiger partial charge is 0.257 e. The van der Waals surface area contributed by atoms with Gasteiger partial charge in [0.15, 0.2) is 0 Å². The first-order valence-corrected chi connectivity index (χ1v) is 9.96. The summed E-state index contributed by atoms with van der Waals surface area (Å²) >= 11 is 11.8. The van der Waals surface area contributed by atoms with Gasteiger partial charge in [0.1, 0.15) is 17.4 Å². The van der Waals surface area contributed by atoms with Gasteiger partial charge in [-0.05, 0) is 35.7 Å². The van der Waals surface area contributed by atoms with Gasteiger partial charge in [0.2, 0.25) is 0 Å². The van der Waals surface area contributed by atoms with Crippen LogP contribution in [0.1, 0.15) is 10.4 Å². The molecule has 31 heavy (non-hydrogen) atoms. The molecule has 3 aromatic carbocycles. The second kappa shape index (κ2) is 8.79. The van der Waals surface area contributed by atoms with E-state index in [1.54, 1.807) is 25.3 Å². The number of hydrogen-bond acceptors (Lipinski definition) is 4. The Kier molecular flexibility index (Phi) is 5.93. The van der Waals surface area contributed by atoms with E-state index in [0.717, 1.165) is 5.39 Å². The second-order valence-electron chi connectivity index (χ2n) is 6.62. The number of hydrogen-bond donors (Lipinski definition) is 2. The molecule has 0 aliphatic carbocycles. The molecule has 0 spiro atoms. The van der Waals surface area contributed by atoms with E-state index in [1.165, 1.54) is 24.4 Å². The van der Waals surface area contributed by atoms with Crippen LogP contribution < -0.4 is 15.4 Å². The van der Waals surface area contributed by atoms with Crippen LogP contribution in [0.25, 0.3) is 10.8 Å². The lowest BCUT2D eigenvalue weighted by Gasteiger charge is -2.14. The minimum atomic E-state index is -0.556. The fourth-order valence-electron chi connectivity index (χ4n) is 3.14. The first-order chi connectivity index (χ1) is 15.0. The van der Waals surface area contributed by atoms with E-state index in [0.29, 0.717) is 38.9 Å². The molecule has 0 atom stereocenters. The van der Waals surface area contributed by atoms with E-state index in [1.807, 2.05) is 24.3 Å². The van der Waals surface area contributed by atoms with Gasteiger partial charge >= 0.3 is 0 Å². The largest absolute Gasteiger partial charge is 0.495 e. The average molecular weight is 456 g/mol. The van der Waals surface area contributed by atoms with Gasteiger partial charge in [0, 0.05) is 28.4 Å². The molecular weight excluding hydrogens is 440 g/mol. The molecule has 4 aromatic rings. The van der Waals surface area contributed by atoms with Gasteiger partial charge in [-0.25, -0.2) is 9.37 Å². The summed E-state index contributed by atoms with van der Waals surface area (Å²) in [6.07, 6.45) is 1.48. The Balaban J connectivity index is 1.70. The summed E-state index contributed by atoms with van der Waals surface area (Å²) in [6, 6.07) is 16.6. The minimum Gasteiger partial charge on any atom is -0.495 e. The van der Waals surface area contributed by atoms with Gasteiger partial charge in [-0.15, -0.1) is 0 Å². The molecule has 8 heteroatoms. The highest BCUT2D eigenvalue weighted by atomic mass is 35.5. The predicted molar refractivity (Wildman–Crippen MR) is 122 cm³/mol. The first kappa shape index (κ1) is 20.9. The quantitative estimate of drug-likeness (QED) is 0.352. The van der Waals surface area contributed by atoms with Crippen LogP contribution in [-0.4, -0.2) is 18.0 Å². The van der Waals surface area contributed by atoms with Crippen molar-refractivity contribution >= 4 is 57.1 Å². The third-order valence-electron chi connectivity index (χ3n) is 4.63. The normalized spacial score (nSPS) is 10.7. The number of anilines is 3. The zero-order valence-electron chi connectivity index (χ0n) is 16.2. The molecule has 1 aromatic heterocycles. The minimum absolute atomic E-state index is 0.0720. The van der Waals surface area contributed by atoms with Crippen molar-refractivity contribution in [3.63, 3.8) is 0 Å². The molecule has 0 radical (unpaired) electrons. The lowest BCUT2D eigenvalue weighted by Crippen LogP contribution is -2.13. The molecule has 0 fully saturated rings. The average Bonchev–Trinajstić information content (AvgIpc) is 2.77. The highest BCUT2D eigenvalue weighted by molar-refractivity contribution is 6.31. The van der Waals surface area contributed by atoms with Crippen molar-refractivity contribution < 1.29 is 13.9 Å². The van der Waals surface area contributed by atoms with Crippen LogP contribution in [0.4, 0.5) is 21.6 Å². The summed E-state index contributed by atoms with van der Waals surface area (Å²) in [4.78, 5) is 17.3. The van der Waals surface area contributed by atoms with E-state index in [2.05, 4.69) is 15.6 Å². The van der Waals surface area contributed by atoms with Gasteiger partial charge in [0.25, 0.3) is 5.91 Å². The van der Waals surface area contributed by atoms with Crippen LogP contribution >= 0.6 is 23.2 Å². The van der Waals surface area contributed by atoms with Crippen LogP contribution in [0.3, 0.4) is 0 Å². The zero-order chi connectivity index (χ0) is 22.0. The van der Waals surface area contributed by atoms with E-state index in [-0.39, 0.29) is 10.9 Å². The molecule has 1 amide bonds. The molecule has 0 bridgehead atoms. The lowest BCUT2D eigenvalue weighted by molar-refractivity contribution is 0.102. The van der Waals surface area contributed by atoms with Gasteiger partial charge in [-0.1, -0.05) is 47.5 Å². The number of carbonyl (C=O) groups is 1. The third-order valence-corrected chi connectivity index (χ3v) is 5.16. The Labute approximate surface area is 187 Å². The maximum Gasteiger partial charge on any atom is 0.257 e. The second-order valence-corrected chi connectivity index (χ2v) is 7.46. The summed E-state index contributed by atoms with van der Waals surface area (Å²) in [5, 5.41) is 7.88. The Bertz CT molecular complexity index is 1300. The molecule has 5 nitrogen and oxygen atoms in total. The van der Waals surface area contributed by atoms with Crippen LogP contribution in [0.2, 0.25) is 10.0 Å². The number of aromatic nitrogens is 1. The van der Waals surface area contributed by atoms with Gasteiger partial charge in [-0.2, -0.15) is 0 Å². The molecule has 0 saturated carbocycles. The van der Waals surface area contributed by atoms with Crippen molar-refractivity contribution in [1.29, 1.82) is 0 Å². The number of pyridine rings is 1. The van der Waals surface area contributed by atoms with Crippen LogP contribution in [0, 0.1) is 5.82 Å². The number of fused-ring (bicyclic) bond motifs is 1. The molecular formula is C23H16Cl2FN3O2. The number of nitrogens with zero attached hydrogens (tertiary/aromatic N) is 1. The third kappa shape index (κ3) is 4.40. The molecule has 0 saturated heterocycles. The molecule has 0 aliphatic heterocycles. The topological polar surface area (TPSA) is 63.2 Å². The van der Waals surface area contributed by atoms with E-state index >= 15 is 0 Å². The van der Waals surface area contributed by atoms with Gasteiger partial charge in [-0.3, -0.25) is 4.79 Å². The Morgan fingerprint density at radius 3 is 2.55 bits per heavy atom. The highest BCUT2D eigenvalue weighted by Gasteiger charge is 2.15. The molecule has 0 unspecified atom stereocenters. The van der Waals surface area contributed by atoms with E-state index < -0.39 is 5.82 Å². The molecule has 4 rings (SSSR count). The number of nitrogens with one attached hydrogen (secondary N) is 2. The summed E-state index contributed by atoms with van der Waals surface area (Å²) in [5.74, 6) is 0.174. The van der Waals surface area contributed by atoms with E-state index in [4.69, 9.17) is 27.9 Å². The van der Waals surface area contributed by atoms with Crippen molar-refractivity contribution in [3.05, 3.63) is 88.3 Å². The SMILES string of the molecule is COc1cc(Cl)ccc1Nc1ncc(C(=O)Nc2ccc(F)c(Cl)c2)c2ccccc12. The number of benzene rings is 3. The summed E-state index contributed by atoms with van der Waals surface area (Å²) in [7, 11) is 1.55. The molecule has 0 aliphatic rings. The van der Waals surface area contributed by atoms with Crippen molar-refractivity contribution in [2.24, 2.45) is 0 Å². The maximum atomic E-state index is 13.4. The van der Waals surface area contributed by atoms with Crippen molar-refractivity contribution in [3.8, 4) is 5.75 Å². The fourth-order valence-corrected chi connectivity index (χ4v) is 3.48. The Morgan fingerprint density at radius 2 is 1.81 bits per heavy atom. The number of methoxy groups -OCH3 is 1. The number of rotatable bonds is 5. The summed E-state index contributed by atoms with van der Waals surface area (Å²) in [6.45, 7) is 0. The van der Waals surface area contributed by atoms with Crippen LogP contribution in [0.5, 0.6) is 5.75 Å². The standard InChI is InChI=1S/C23H16Cl2FN3O2/c1-31-21-10-13(24)6-9-20(21)29-22-16-5-3-2-4-15(16)17(12-27-22)23(30)28-14-7-8-19(26)18(25)11-14/h2-12H,1H3,(H,27,29)(H,28,30). The van der Waals surface area contributed by atoms with Gasteiger partial charge < -0.3 is 15.4 Å². The molecule has 156 valence electrons. The number of amides is 1. The van der Waals surface area contributed by atoms with Crippen LogP contribution in [0.15, 0.2) is 66.9 Å². The first-order valence-electron chi connectivity index (χ1n) is 9.21. The fraction of sp³-hybridized carbons (Fsp3) is 0.0435.